The van der Waals surface area contributed by atoms with Gasteiger partial charge in [0.15, 0.2) is 0 Å². The standard InChI is InChI=1S/C8H20OP/c1-4-10(3,5-2)8-6-7-9/h9H,4-8H2,1-3H3/q+1. The second kappa shape index (κ2) is 5.09. The van der Waals surface area contributed by atoms with E-state index in [0.29, 0.717) is 6.61 Å². The zero-order valence-electron chi connectivity index (χ0n) is 7.43. The Balaban J connectivity index is 3.58. The van der Waals surface area contributed by atoms with Crippen LogP contribution in [0.1, 0.15) is 20.3 Å². The van der Waals surface area contributed by atoms with Crippen molar-refractivity contribution in [2.24, 2.45) is 0 Å². The second-order valence-electron chi connectivity index (χ2n) is 3.05. The lowest BCUT2D eigenvalue weighted by molar-refractivity contribution is 0.296. The molecule has 0 aliphatic heterocycles. The van der Waals surface area contributed by atoms with E-state index < -0.39 is 7.26 Å². The molecule has 0 atom stereocenters. The lowest BCUT2D eigenvalue weighted by Gasteiger charge is -2.18. The fourth-order valence-corrected chi connectivity index (χ4v) is 2.98. The van der Waals surface area contributed by atoms with E-state index in [-0.39, 0.29) is 0 Å². The molecule has 0 rings (SSSR count). The third-order valence-corrected chi connectivity index (χ3v) is 6.83. The van der Waals surface area contributed by atoms with Crippen molar-refractivity contribution in [2.75, 3.05) is 31.8 Å². The van der Waals surface area contributed by atoms with Crippen molar-refractivity contribution >= 4 is 7.26 Å². The minimum Gasteiger partial charge on any atom is -0.396 e. The zero-order valence-corrected chi connectivity index (χ0v) is 8.32. The van der Waals surface area contributed by atoms with Crippen molar-refractivity contribution in [1.29, 1.82) is 0 Å². The molecule has 0 aliphatic rings. The molecule has 0 radical (unpaired) electrons. The molecular weight excluding hydrogens is 143 g/mol. The third kappa shape index (κ3) is 3.53. The normalized spacial score (nSPS) is 12.0. The highest BCUT2D eigenvalue weighted by Crippen LogP contribution is 2.54. The summed E-state index contributed by atoms with van der Waals surface area (Å²) in [7, 11) is -0.608. The molecule has 0 aromatic heterocycles. The maximum absolute atomic E-state index is 8.64. The highest BCUT2D eigenvalue weighted by atomic mass is 31.2. The highest BCUT2D eigenvalue weighted by Gasteiger charge is 2.25. The Bertz CT molecular complexity index is 79.3. The smallest absolute Gasteiger partial charge is 0.0613 e. The summed E-state index contributed by atoms with van der Waals surface area (Å²) in [6.07, 6.45) is 4.95. The molecule has 0 bridgehead atoms. The molecule has 0 amide bonds. The first-order chi connectivity index (χ1) is 4.68. The van der Waals surface area contributed by atoms with Gasteiger partial charge in [0.2, 0.25) is 0 Å². The van der Waals surface area contributed by atoms with Gasteiger partial charge in [-0.1, -0.05) is 0 Å². The predicted molar refractivity (Wildman–Crippen MR) is 50.5 cm³/mol. The topological polar surface area (TPSA) is 20.2 Å². The van der Waals surface area contributed by atoms with Gasteiger partial charge in [0.25, 0.3) is 0 Å². The Morgan fingerprint density at radius 2 is 1.70 bits per heavy atom. The lowest BCUT2D eigenvalue weighted by atomic mass is 10.5. The van der Waals surface area contributed by atoms with Crippen molar-refractivity contribution in [3.05, 3.63) is 0 Å². The van der Waals surface area contributed by atoms with Crippen LogP contribution in [0.4, 0.5) is 0 Å². The summed E-state index contributed by atoms with van der Waals surface area (Å²) in [6, 6.07) is 0. The van der Waals surface area contributed by atoms with E-state index in [1.165, 1.54) is 18.5 Å². The van der Waals surface area contributed by atoms with Crippen LogP contribution in [0.5, 0.6) is 0 Å². The van der Waals surface area contributed by atoms with Crippen LogP contribution in [0.25, 0.3) is 0 Å². The number of rotatable bonds is 5. The van der Waals surface area contributed by atoms with Crippen LogP contribution < -0.4 is 0 Å². The van der Waals surface area contributed by atoms with Crippen LogP contribution in [0.2, 0.25) is 0 Å². The van der Waals surface area contributed by atoms with Gasteiger partial charge in [0.05, 0.1) is 18.5 Å². The molecule has 0 fully saturated rings. The largest absolute Gasteiger partial charge is 0.396 e. The first kappa shape index (κ1) is 10.4. The summed E-state index contributed by atoms with van der Waals surface area (Å²) in [5.74, 6) is 0. The Morgan fingerprint density at radius 3 is 2.00 bits per heavy atom. The number of hydrogen-bond acceptors (Lipinski definition) is 1. The SMILES string of the molecule is CC[P+](C)(CC)CCCO. The Labute approximate surface area is 65.2 Å². The van der Waals surface area contributed by atoms with E-state index >= 15 is 0 Å². The first-order valence-electron chi connectivity index (χ1n) is 4.13. The molecule has 0 aromatic rings. The van der Waals surface area contributed by atoms with E-state index in [1.54, 1.807) is 0 Å². The van der Waals surface area contributed by atoms with E-state index in [0.717, 1.165) is 6.42 Å². The van der Waals surface area contributed by atoms with Crippen molar-refractivity contribution in [3.8, 4) is 0 Å². The molecule has 0 aliphatic carbocycles. The van der Waals surface area contributed by atoms with Gasteiger partial charge in [-0.15, -0.1) is 0 Å². The van der Waals surface area contributed by atoms with Gasteiger partial charge in [0.1, 0.15) is 0 Å². The van der Waals surface area contributed by atoms with Crippen LogP contribution in [0, 0.1) is 0 Å². The van der Waals surface area contributed by atoms with E-state index in [2.05, 4.69) is 20.5 Å². The van der Waals surface area contributed by atoms with E-state index in [4.69, 9.17) is 5.11 Å². The summed E-state index contributed by atoms with van der Waals surface area (Å²) in [5, 5.41) is 8.64. The average molecular weight is 163 g/mol. The van der Waals surface area contributed by atoms with Gasteiger partial charge in [-0.3, -0.25) is 0 Å². The Kier molecular flexibility index (Phi) is 5.29. The number of aliphatic hydroxyl groups is 1. The summed E-state index contributed by atoms with van der Waals surface area (Å²) in [5.41, 5.74) is 0. The molecule has 1 nitrogen and oxygen atoms in total. The monoisotopic (exact) mass is 163 g/mol. The zero-order chi connectivity index (χ0) is 8.04. The maximum Gasteiger partial charge on any atom is 0.0613 e. The predicted octanol–water partition coefficient (Wildman–Crippen LogP) is 2.06. The number of aliphatic hydroxyl groups excluding tert-OH is 1. The molecule has 0 aromatic carbocycles. The van der Waals surface area contributed by atoms with Crippen molar-refractivity contribution in [3.63, 3.8) is 0 Å². The van der Waals surface area contributed by atoms with Gasteiger partial charge in [-0.2, -0.15) is 0 Å². The first-order valence-corrected chi connectivity index (χ1v) is 6.92. The molecule has 2 heteroatoms. The Morgan fingerprint density at radius 1 is 1.20 bits per heavy atom. The summed E-state index contributed by atoms with van der Waals surface area (Å²) >= 11 is 0. The molecular formula is C8H20OP+. The molecule has 0 saturated heterocycles. The highest BCUT2D eigenvalue weighted by molar-refractivity contribution is 7.75. The second-order valence-corrected chi connectivity index (χ2v) is 8.00. The summed E-state index contributed by atoms with van der Waals surface area (Å²) in [4.78, 5) is 0. The van der Waals surface area contributed by atoms with Gasteiger partial charge in [0, 0.05) is 27.0 Å². The molecule has 0 saturated carbocycles. The lowest BCUT2D eigenvalue weighted by Crippen LogP contribution is -2.04. The van der Waals surface area contributed by atoms with Crippen molar-refractivity contribution in [2.45, 2.75) is 20.3 Å². The fraction of sp³-hybridized carbons (Fsp3) is 1.00. The molecule has 1 N–H and O–H groups in total. The maximum atomic E-state index is 8.64. The van der Waals surface area contributed by atoms with E-state index in [1.807, 2.05) is 0 Å². The molecule has 62 valence electrons. The Hall–Kier alpha value is 0.390. The van der Waals surface area contributed by atoms with Gasteiger partial charge < -0.3 is 5.11 Å². The van der Waals surface area contributed by atoms with Gasteiger partial charge in [-0.05, 0) is 13.8 Å². The summed E-state index contributed by atoms with van der Waals surface area (Å²) < 4.78 is 0. The van der Waals surface area contributed by atoms with Crippen LogP contribution in [-0.4, -0.2) is 36.9 Å². The quantitative estimate of drug-likeness (QED) is 0.615. The van der Waals surface area contributed by atoms with Crippen LogP contribution in [0.3, 0.4) is 0 Å². The van der Waals surface area contributed by atoms with Gasteiger partial charge in [-0.25, -0.2) is 0 Å². The fourth-order valence-electron chi connectivity index (χ4n) is 0.992. The minimum atomic E-state index is -0.608. The molecule has 0 heterocycles. The average Bonchev–Trinajstić information content (AvgIpc) is 2.00. The molecule has 0 spiro atoms. The molecule has 0 unspecified atom stereocenters. The van der Waals surface area contributed by atoms with Crippen LogP contribution >= 0.6 is 7.26 Å². The third-order valence-electron chi connectivity index (χ3n) is 2.38. The van der Waals surface area contributed by atoms with Crippen molar-refractivity contribution < 1.29 is 5.11 Å². The summed E-state index contributed by atoms with van der Waals surface area (Å²) in [6.45, 7) is 7.32. The van der Waals surface area contributed by atoms with Gasteiger partial charge >= 0.3 is 0 Å². The van der Waals surface area contributed by atoms with E-state index in [9.17, 15) is 0 Å². The number of hydrogen-bond donors (Lipinski definition) is 1. The van der Waals surface area contributed by atoms with Crippen LogP contribution in [0.15, 0.2) is 0 Å². The molecule has 10 heavy (non-hydrogen) atoms. The van der Waals surface area contributed by atoms with Crippen molar-refractivity contribution in [1.82, 2.24) is 0 Å². The van der Waals surface area contributed by atoms with Crippen LogP contribution in [-0.2, 0) is 0 Å². The minimum absolute atomic E-state index is 0.371.